The number of hydrogen-bond acceptors (Lipinski definition) is 6. The maximum Gasteiger partial charge on any atom is 0.411 e. The number of aromatic nitrogens is 2. The van der Waals surface area contributed by atoms with E-state index in [0.29, 0.717) is 0 Å². The van der Waals surface area contributed by atoms with Gasteiger partial charge in [-0.25, -0.2) is 18.4 Å². The van der Waals surface area contributed by atoms with Gasteiger partial charge < -0.3 is 14.5 Å². The maximum atomic E-state index is 14.4. The highest BCUT2D eigenvalue weighted by molar-refractivity contribution is 5.94. The number of amides is 1. The zero-order chi connectivity index (χ0) is 24.2. The van der Waals surface area contributed by atoms with Crippen molar-refractivity contribution in [3.8, 4) is 17.0 Å². The zero-order valence-electron chi connectivity index (χ0n) is 17.7. The summed E-state index contributed by atoms with van der Waals surface area (Å²) < 4.78 is 38.4. The lowest BCUT2D eigenvalue weighted by atomic mass is 10.1. The molecule has 0 aliphatic heterocycles. The van der Waals surface area contributed by atoms with E-state index >= 15 is 0 Å². The third kappa shape index (κ3) is 4.60. The molecule has 0 saturated carbocycles. The molecule has 0 radical (unpaired) electrons. The minimum atomic E-state index is -1.21. The van der Waals surface area contributed by atoms with Crippen molar-refractivity contribution in [2.24, 2.45) is 0 Å². The van der Waals surface area contributed by atoms with Crippen LogP contribution < -0.4 is 15.5 Å². The van der Waals surface area contributed by atoms with E-state index < -0.39 is 29.1 Å². The zero-order valence-corrected chi connectivity index (χ0v) is 17.7. The Balaban J connectivity index is 1.78. The normalized spacial score (nSPS) is 10.7. The number of nitrogens with one attached hydrogen (secondary N) is 2. The van der Waals surface area contributed by atoms with Gasteiger partial charge in [-0.15, -0.1) is 0 Å². The van der Waals surface area contributed by atoms with Crippen molar-refractivity contribution in [3.05, 3.63) is 88.3 Å². The molecular formula is C24H17F2N3O5. The molecule has 2 heterocycles. The van der Waals surface area contributed by atoms with Gasteiger partial charge >= 0.3 is 12.1 Å². The standard InChI is InChI=1S/C24H17F2N3O5/c1-2-33-24(32)29-18-10-14(34-23(31)13-4-3-9-27-12-13)5-6-15(18)19-11-20(30)16-7-8-17(25)21(26)22(16)28-19/h3-12H,2H2,1H3,(H,28,30)(H,29,32). The third-order valence-corrected chi connectivity index (χ3v) is 4.80. The summed E-state index contributed by atoms with van der Waals surface area (Å²) in [4.78, 5) is 43.6. The van der Waals surface area contributed by atoms with Gasteiger partial charge in [-0.1, -0.05) is 0 Å². The summed E-state index contributed by atoms with van der Waals surface area (Å²) in [5.74, 6) is -2.94. The summed E-state index contributed by atoms with van der Waals surface area (Å²) in [6.07, 6.45) is 2.04. The molecule has 0 spiro atoms. The Morgan fingerprint density at radius 2 is 1.94 bits per heavy atom. The summed E-state index contributed by atoms with van der Waals surface area (Å²) in [6, 6.07) is 10.5. The van der Waals surface area contributed by atoms with Gasteiger partial charge in [0.25, 0.3) is 0 Å². The molecule has 0 aliphatic carbocycles. The van der Waals surface area contributed by atoms with Crippen LogP contribution in [-0.2, 0) is 4.74 Å². The number of rotatable bonds is 5. The number of esters is 1. The Morgan fingerprint density at radius 1 is 1.12 bits per heavy atom. The van der Waals surface area contributed by atoms with Crippen molar-refractivity contribution < 1.29 is 27.8 Å². The van der Waals surface area contributed by atoms with Crippen LogP contribution in [0.25, 0.3) is 22.2 Å². The van der Waals surface area contributed by atoms with E-state index in [-0.39, 0.29) is 45.8 Å². The number of pyridine rings is 2. The second-order valence-electron chi connectivity index (χ2n) is 7.02. The molecule has 0 aliphatic rings. The number of ether oxygens (including phenoxy) is 2. The van der Waals surface area contributed by atoms with E-state index in [1.165, 1.54) is 48.8 Å². The number of aromatic amines is 1. The van der Waals surface area contributed by atoms with Crippen molar-refractivity contribution in [3.63, 3.8) is 0 Å². The first kappa shape index (κ1) is 22.6. The van der Waals surface area contributed by atoms with Crippen LogP contribution >= 0.6 is 0 Å². The summed E-state index contributed by atoms with van der Waals surface area (Å²) in [7, 11) is 0. The second kappa shape index (κ2) is 9.49. The number of halogens is 2. The van der Waals surface area contributed by atoms with Gasteiger partial charge in [-0.2, -0.15) is 0 Å². The van der Waals surface area contributed by atoms with Gasteiger partial charge in [-0.05, 0) is 43.3 Å². The number of nitrogens with zero attached hydrogens (tertiary/aromatic N) is 1. The Labute approximate surface area is 191 Å². The quantitative estimate of drug-likeness (QED) is 0.328. The lowest BCUT2D eigenvalue weighted by molar-refractivity contribution is 0.0734. The minimum Gasteiger partial charge on any atom is -0.450 e. The van der Waals surface area contributed by atoms with Crippen LogP contribution in [0.15, 0.2) is 65.7 Å². The van der Waals surface area contributed by atoms with E-state index in [0.717, 1.165) is 6.07 Å². The average Bonchev–Trinajstić information content (AvgIpc) is 2.82. The van der Waals surface area contributed by atoms with Crippen LogP contribution in [0.3, 0.4) is 0 Å². The number of hydrogen-bond donors (Lipinski definition) is 2. The van der Waals surface area contributed by atoms with Gasteiger partial charge in [0.2, 0.25) is 0 Å². The fourth-order valence-corrected chi connectivity index (χ4v) is 3.25. The Bertz CT molecular complexity index is 1450. The minimum absolute atomic E-state index is 0.0374. The molecule has 0 saturated heterocycles. The molecule has 4 rings (SSSR count). The molecule has 4 aromatic rings. The van der Waals surface area contributed by atoms with Crippen molar-refractivity contribution >= 4 is 28.7 Å². The molecule has 0 unspecified atom stereocenters. The molecule has 34 heavy (non-hydrogen) atoms. The smallest absolute Gasteiger partial charge is 0.411 e. The molecule has 0 atom stereocenters. The summed E-state index contributed by atoms with van der Waals surface area (Å²) >= 11 is 0. The second-order valence-corrected chi connectivity index (χ2v) is 7.02. The van der Waals surface area contributed by atoms with E-state index in [4.69, 9.17) is 9.47 Å². The van der Waals surface area contributed by atoms with Crippen molar-refractivity contribution in [1.82, 2.24) is 9.97 Å². The highest BCUT2D eigenvalue weighted by atomic mass is 19.2. The molecule has 2 aromatic carbocycles. The Hall–Kier alpha value is -4.60. The predicted octanol–water partition coefficient (Wildman–Crippen LogP) is 4.66. The van der Waals surface area contributed by atoms with Crippen molar-refractivity contribution in [2.45, 2.75) is 6.92 Å². The van der Waals surface area contributed by atoms with Crippen LogP contribution in [0.5, 0.6) is 5.75 Å². The van der Waals surface area contributed by atoms with Gasteiger partial charge in [0.05, 0.1) is 29.1 Å². The summed E-state index contributed by atoms with van der Waals surface area (Å²) in [5, 5.41) is 2.46. The fourth-order valence-electron chi connectivity index (χ4n) is 3.25. The molecule has 8 nitrogen and oxygen atoms in total. The van der Waals surface area contributed by atoms with Crippen molar-refractivity contribution in [1.29, 1.82) is 0 Å². The van der Waals surface area contributed by atoms with Crippen LogP contribution in [0, 0.1) is 11.6 Å². The van der Waals surface area contributed by atoms with Crippen LogP contribution in [0.1, 0.15) is 17.3 Å². The van der Waals surface area contributed by atoms with Crippen LogP contribution in [0.2, 0.25) is 0 Å². The Morgan fingerprint density at radius 3 is 2.68 bits per heavy atom. The molecule has 0 fully saturated rings. The molecule has 0 bridgehead atoms. The monoisotopic (exact) mass is 465 g/mol. The van der Waals surface area contributed by atoms with E-state index in [2.05, 4.69) is 15.3 Å². The number of fused-ring (bicyclic) bond motifs is 1. The largest absolute Gasteiger partial charge is 0.450 e. The molecule has 10 heteroatoms. The lowest BCUT2D eigenvalue weighted by Crippen LogP contribution is -2.15. The van der Waals surface area contributed by atoms with Gasteiger partial charge in [0, 0.05) is 35.5 Å². The fraction of sp³-hybridized carbons (Fsp3) is 0.0833. The number of anilines is 1. The topological polar surface area (TPSA) is 110 Å². The molecule has 2 N–H and O–H groups in total. The van der Waals surface area contributed by atoms with E-state index in [1.807, 2.05) is 0 Å². The number of H-pyrrole nitrogens is 1. The summed E-state index contributed by atoms with van der Waals surface area (Å²) in [6.45, 7) is 1.71. The lowest BCUT2D eigenvalue weighted by Gasteiger charge is -2.14. The predicted molar refractivity (Wildman–Crippen MR) is 120 cm³/mol. The average molecular weight is 465 g/mol. The van der Waals surface area contributed by atoms with E-state index in [9.17, 15) is 23.2 Å². The van der Waals surface area contributed by atoms with Crippen LogP contribution in [-0.4, -0.2) is 28.6 Å². The maximum absolute atomic E-state index is 14.4. The first-order valence-corrected chi connectivity index (χ1v) is 10.1. The number of carbonyl (C=O) groups is 2. The molecular weight excluding hydrogens is 448 g/mol. The highest BCUT2D eigenvalue weighted by Gasteiger charge is 2.17. The SMILES string of the molecule is CCOC(=O)Nc1cc(OC(=O)c2cccnc2)ccc1-c1cc(=O)c2ccc(F)c(F)c2[nH]1. The van der Waals surface area contributed by atoms with Gasteiger partial charge in [0.1, 0.15) is 5.75 Å². The molecule has 1 amide bonds. The first-order valence-electron chi connectivity index (χ1n) is 10.1. The third-order valence-electron chi connectivity index (χ3n) is 4.80. The molecule has 2 aromatic heterocycles. The number of carbonyl (C=O) groups excluding carboxylic acids is 2. The summed E-state index contributed by atoms with van der Waals surface area (Å²) in [5.41, 5.74) is -0.228. The van der Waals surface area contributed by atoms with Crippen molar-refractivity contribution in [2.75, 3.05) is 11.9 Å². The van der Waals surface area contributed by atoms with Crippen LogP contribution in [0.4, 0.5) is 19.3 Å². The highest BCUT2D eigenvalue weighted by Crippen LogP contribution is 2.32. The van der Waals surface area contributed by atoms with E-state index in [1.54, 1.807) is 13.0 Å². The Kier molecular flexibility index (Phi) is 6.30. The molecule has 172 valence electrons. The van der Waals surface area contributed by atoms with Gasteiger partial charge in [-0.3, -0.25) is 15.1 Å². The first-order chi connectivity index (χ1) is 16.4. The van der Waals surface area contributed by atoms with Gasteiger partial charge in [0.15, 0.2) is 17.1 Å². The number of benzene rings is 2.